The van der Waals surface area contributed by atoms with Gasteiger partial charge in [-0.2, -0.15) is 13.2 Å². The summed E-state index contributed by atoms with van der Waals surface area (Å²) in [5.74, 6) is 0.108. The van der Waals surface area contributed by atoms with Crippen molar-refractivity contribution < 1.29 is 27.8 Å². The Morgan fingerprint density at radius 1 is 1.32 bits per heavy atom. The third-order valence-corrected chi connectivity index (χ3v) is 5.32. The number of methoxy groups -OCH3 is 1. The van der Waals surface area contributed by atoms with Gasteiger partial charge in [0.2, 0.25) is 5.60 Å². The molecule has 0 radical (unpaired) electrons. The van der Waals surface area contributed by atoms with Crippen LogP contribution in [-0.4, -0.2) is 84.3 Å². The number of aryl methyl sites for hydroxylation is 1. The second-order valence-corrected chi connectivity index (χ2v) is 7.61. The Bertz CT molecular complexity index is 690. The van der Waals surface area contributed by atoms with E-state index in [2.05, 4.69) is 15.3 Å². The van der Waals surface area contributed by atoms with Crippen molar-refractivity contribution in [3.63, 3.8) is 0 Å². The van der Waals surface area contributed by atoms with Gasteiger partial charge in [-0.3, -0.25) is 4.99 Å². The number of likely N-dealkylation sites (tertiary alicyclic amines) is 1. The molecule has 1 aliphatic rings. The van der Waals surface area contributed by atoms with Crippen LogP contribution in [0.1, 0.15) is 38.4 Å². The van der Waals surface area contributed by atoms with E-state index in [0.29, 0.717) is 38.8 Å². The summed E-state index contributed by atoms with van der Waals surface area (Å²) in [6.45, 7) is 5.01. The minimum atomic E-state index is -4.86. The molecule has 1 unspecified atom stereocenters. The first kappa shape index (κ1) is 25.4. The number of hydrogen-bond donors (Lipinski definition) is 2. The van der Waals surface area contributed by atoms with Gasteiger partial charge in [0.1, 0.15) is 5.82 Å². The number of aromatic nitrogens is 2. The molecule has 2 N–H and O–H groups in total. The second kappa shape index (κ2) is 11.7. The van der Waals surface area contributed by atoms with Gasteiger partial charge in [0.15, 0.2) is 5.96 Å². The van der Waals surface area contributed by atoms with E-state index in [1.807, 2.05) is 11.8 Å². The Labute approximate surface area is 181 Å². The van der Waals surface area contributed by atoms with E-state index >= 15 is 0 Å². The molecule has 1 aromatic rings. The van der Waals surface area contributed by atoms with Crippen LogP contribution < -0.4 is 5.32 Å². The number of nitrogens with zero attached hydrogens (tertiary/aromatic N) is 4. The molecule has 2 heterocycles. The zero-order valence-corrected chi connectivity index (χ0v) is 18.5. The number of nitrogens with one attached hydrogen (secondary N) is 1. The van der Waals surface area contributed by atoms with Crippen LogP contribution in [0, 0.1) is 0 Å². The average molecular weight is 450 g/mol. The van der Waals surface area contributed by atoms with Crippen molar-refractivity contribution >= 4 is 5.96 Å². The van der Waals surface area contributed by atoms with Gasteiger partial charge in [-0.1, -0.05) is 0 Å². The molecule has 11 heteroatoms. The maximum absolute atomic E-state index is 13.7. The number of guanidine groups is 1. The summed E-state index contributed by atoms with van der Waals surface area (Å²) in [4.78, 5) is 10.1. The molecule has 0 aromatic carbocycles. The summed E-state index contributed by atoms with van der Waals surface area (Å²) in [5, 5.41) is 13.6. The van der Waals surface area contributed by atoms with Crippen LogP contribution in [-0.2, 0) is 22.1 Å². The molecule has 1 atom stereocenters. The second-order valence-electron chi connectivity index (χ2n) is 7.61. The van der Waals surface area contributed by atoms with Crippen LogP contribution in [0.25, 0.3) is 0 Å². The normalized spacial score (nSPS) is 18.3. The highest BCUT2D eigenvalue weighted by molar-refractivity contribution is 5.80. The topological polar surface area (TPSA) is 84.1 Å². The van der Waals surface area contributed by atoms with E-state index in [1.165, 1.54) is 24.0 Å². The Hall–Kier alpha value is -1.85. The Morgan fingerprint density at radius 3 is 2.58 bits per heavy atom. The largest absolute Gasteiger partial charge is 0.424 e. The van der Waals surface area contributed by atoms with Gasteiger partial charge in [-0.15, -0.1) is 0 Å². The van der Waals surface area contributed by atoms with Crippen LogP contribution >= 0.6 is 0 Å². The number of aliphatic imine (C=N–C) groups is 1. The molecular formula is C20H34F3N5O3. The van der Waals surface area contributed by atoms with Crippen molar-refractivity contribution in [1.29, 1.82) is 0 Å². The molecule has 0 bridgehead atoms. The van der Waals surface area contributed by atoms with E-state index in [0.717, 1.165) is 19.3 Å². The van der Waals surface area contributed by atoms with E-state index < -0.39 is 24.0 Å². The van der Waals surface area contributed by atoms with Crippen molar-refractivity contribution in [3.05, 3.63) is 18.2 Å². The fraction of sp³-hybridized carbons (Fsp3) is 0.800. The fourth-order valence-electron chi connectivity index (χ4n) is 3.58. The van der Waals surface area contributed by atoms with Crippen molar-refractivity contribution in [2.45, 2.75) is 50.5 Å². The first-order valence-electron chi connectivity index (χ1n) is 10.6. The van der Waals surface area contributed by atoms with Crippen molar-refractivity contribution in [1.82, 2.24) is 19.8 Å². The molecule has 0 amide bonds. The summed E-state index contributed by atoms with van der Waals surface area (Å²) in [5.41, 5.74) is -3.06. The third kappa shape index (κ3) is 6.81. The summed E-state index contributed by atoms with van der Waals surface area (Å²) < 4.78 is 53.1. The van der Waals surface area contributed by atoms with Gasteiger partial charge in [-0.25, -0.2) is 4.98 Å². The lowest BCUT2D eigenvalue weighted by molar-refractivity contribution is -0.272. The van der Waals surface area contributed by atoms with Crippen molar-refractivity contribution in [3.8, 4) is 0 Å². The summed E-state index contributed by atoms with van der Waals surface area (Å²) in [6, 6.07) is 0. The van der Waals surface area contributed by atoms with Gasteiger partial charge in [0.25, 0.3) is 0 Å². The Balaban J connectivity index is 1.97. The molecule has 31 heavy (non-hydrogen) atoms. The van der Waals surface area contributed by atoms with Gasteiger partial charge in [-0.05, 0) is 26.2 Å². The summed E-state index contributed by atoms with van der Waals surface area (Å²) in [7, 11) is 3.08. The number of hydrogen-bond acceptors (Lipinski definition) is 5. The minimum Gasteiger partial charge on any atom is -0.385 e. The summed E-state index contributed by atoms with van der Waals surface area (Å²) >= 11 is 0. The lowest BCUT2D eigenvalue weighted by atomic mass is 9.98. The maximum atomic E-state index is 13.7. The number of halogens is 3. The standard InChI is InChI=1S/C20H34F3N5O3/c1-4-24-18(28-11-6-16(7-12-28)31-15-5-14-30-3)26-9-8-19(29,20(21,22)23)17-25-10-13-27(17)2/h10,13,16,29H,4-9,11-12,14-15H2,1-3H3,(H,24,26). The van der Waals surface area contributed by atoms with Crippen LogP contribution in [0.5, 0.6) is 0 Å². The van der Waals surface area contributed by atoms with E-state index in [9.17, 15) is 18.3 Å². The highest BCUT2D eigenvalue weighted by Crippen LogP contribution is 2.40. The number of rotatable bonds is 10. The zero-order valence-electron chi connectivity index (χ0n) is 18.5. The lowest BCUT2D eigenvalue weighted by Gasteiger charge is -2.34. The van der Waals surface area contributed by atoms with Gasteiger partial charge < -0.3 is 29.4 Å². The number of ether oxygens (including phenoxy) is 2. The highest BCUT2D eigenvalue weighted by atomic mass is 19.4. The van der Waals surface area contributed by atoms with Crippen LogP contribution in [0.4, 0.5) is 13.2 Å². The quantitative estimate of drug-likeness (QED) is 0.323. The zero-order chi connectivity index (χ0) is 22.9. The van der Waals surface area contributed by atoms with Crippen LogP contribution in [0.3, 0.4) is 0 Å². The SMILES string of the molecule is CCNC(=NCCC(O)(c1nccn1C)C(F)(F)F)N1CCC(OCCCOC)CC1. The molecule has 0 aliphatic carbocycles. The van der Waals surface area contributed by atoms with Gasteiger partial charge >= 0.3 is 6.18 Å². The maximum Gasteiger partial charge on any atom is 0.424 e. The molecule has 1 aliphatic heterocycles. The lowest BCUT2D eigenvalue weighted by Crippen LogP contribution is -2.48. The van der Waals surface area contributed by atoms with E-state index in [4.69, 9.17) is 9.47 Å². The molecule has 1 saturated heterocycles. The molecular weight excluding hydrogens is 415 g/mol. The molecule has 178 valence electrons. The van der Waals surface area contributed by atoms with Crippen LogP contribution in [0.15, 0.2) is 17.4 Å². The van der Waals surface area contributed by atoms with Crippen molar-refractivity contribution in [2.24, 2.45) is 12.0 Å². The smallest absolute Gasteiger partial charge is 0.385 e. The Kier molecular flexibility index (Phi) is 9.57. The number of aliphatic hydroxyl groups is 1. The number of alkyl halides is 3. The molecule has 8 nitrogen and oxygen atoms in total. The molecule has 2 rings (SSSR count). The molecule has 0 saturated carbocycles. The van der Waals surface area contributed by atoms with E-state index in [1.54, 1.807) is 7.11 Å². The molecule has 1 aromatic heterocycles. The monoisotopic (exact) mass is 449 g/mol. The predicted molar refractivity (Wildman–Crippen MR) is 111 cm³/mol. The predicted octanol–water partition coefficient (Wildman–Crippen LogP) is 2.04. The van der Waals surface area contributed by atoms with E-state index in [-0.39, 0.29) is 12.6 Å². The van der Waals surface area contributed by atoms with Gasteiger partial charge in [0.05, 0.1) is 6.10 Å². The highest BCUT2D eigenvalue weighted by Gasteiger charge is 2.57. The van der Waals surface area contributed by atoms with Gasteiger partial charge in [0, 0.05) is 72.4 Å². The summed E-state index contributed by atoms with van der Waals surface area (Å²) in [6.07, 6.45) is -0.224. The molecule has 0 spiro atoms. The first-order chi connectivity index (χ1) is 14.7. The number of imidazole rings is 1. The van der Waals surface area contributed by atoms with Crippen LogP contribution in [0.2, 0.25) is 0 Å². The fourth-order valence-corrected chi connectivity index (χ4v) is 3.58. The number of piperidine rings is 1. The first-order valence-corrected chi connectivity index (χ1v) is 10.6. The third-order valence-electron chi connectivity index (χ3n) is 5.32. The minimum absolute atomic E-state index is 0.162. The molecule has 1 fully saturated rings. The Morgan fingerprint density at radius 2 is 2.03 bits per heavy atom. The van der Waals surface area contributed by atoms with Crippen molar-refractivity contribution in [2.75, 3.05) is 46.5 Å². The average Bonchev–Trinajstić information content (AvgIpc) is 3.16.